The summed E-state index contributed by atoms with van der Waals surface area (Å²) in [6, 6.07) is 8.21. The van der Waals surface area contributed by atoms with Crippen LogP contribution in [0.1, 0.15) is 46.8 Å². The van der Waals surface area contributed by atoms with Gasteiger partial charge in [-0.05, 0) is 55.5 Å². The number of carbonyl (C=O) groups excluding carboxylic acids is 1. The highest BCUT2D eigenvalue weighted by Crippen LogP contribution is 2.63. The van der Waals surface area contributed by atoms with Crippen molar-refractivity contribution in [2.75, 3.05) is 12.3 Å². The van der Waals surface area contributed by atoms with Crippen molar-refractivity contribution >= 4 is 28.4 Å². The van der Waals surface area contributed by atoms with Crippen molar-refractivity contribution in [3.63, 3.8) is 0 Å². The van der Waals surface area contributed by atoms with Crippen molar-refractivity contribution in [1.29, 1.82) is 0 Å². The summed E-state index contributed by atoms with van der Waals surface area (Å²) in [5, 5.41) is 8.67. The minimum Gasteiger partial charge on any atom is -0.491 e. The number of hydrogen-bond donors (Lipinski definition) is 1. The summed E-state index contributed by atoms with van der Waals surface area (Å²) in [6.45, 7) is 0.120. The van der Waals surface area contributed by atoms with Crippen LogP contribution in [0.3, 0.4) is 0 Å². The van der Waals surface area contributed by atoms with E-state index < -0.39 is 17.8 Å². The number of carbonyl (C=O) groups is 1. The van der Waals surface area contributed by atoms with E-state index in [1.165, 1.54) is 12.4 Å². The Morgan fingerprint density at radius 1 is 1.17 bits per heavy atom. The second kappa shape index (κ2) is 6.61. The molecule has 8 rings (SSSR count). The normalized spacial score (nSPS) is 24.5. The van der Waals surface area contributed by atoms with Gasteiger partial charge in [0.15, 0.2) is 5.65 Å². The number of rotatable bonds is 3. The summed E-state index contributed by atoms with van der Waals surface area (Å²) in [4.78, 5) is 20.2. The number of amides is 1. The summed E-state index contributed by atoms with van der Waals surface area (Å²) in [5.74, 6) is 0.822. The van der Waals surface area contributed by atoms with Gasteiger partial charge >= 0.3 is 6.18 Å². The molecule has 1 atom stereocenters. The second-order valence-corrected chi connectivity index (χ2v) is 9.68. The van der Waals surface area contributed by atoms with Gasteiger partial charge in [-0.1, -0.05) is 6.07 Å². The zero-order valence-corrected chi connectivity index (χ0v) is 18.3. The van der Waals surface area contributed by atoms with Gasteiger partial charge < -0.3 is 15.4 Å². The number of fused-ring (bicyclic) bond motifs is 4. The molecule has 2 aromatic carbocycles. The van der Waals surface area contributed by atoms with E-state index in [-0.39, 0.29) is 29.8 Å². The summed E-state index contributed by atoms with van der Waals surface area (Å²) in [6.07, 6.45) is -0.320. The van der Waals surface area contributed by atoms with E-state index in [0.717, 1.165) is 31.4 Å². The molecule has 1 aliphatic heterocycles. The second-order valence-electron chi connectivity index (χ2n) is 9.68. The standard InChI is InChI=1S/C24H19F3N6O2/c25-24(26,27)14-2-3-15-18(10-35-19(15)6-14)33(23-7-12(8-23)9-23)21(34)13-1-4-17-16(5-13)20-31-29-11-32(20)22(28)30-17/h1-6,11-12,18H,7-10H2,(H2,28,30). The topological polar surface area (TPSA) is 98.6 Å². The van der Waals surface area contributed by atoms with Crippen molar-refractivity contribution in [3.05, 3.63) is 59.4 Å². The van der Waals surface area contributed by atoms with E-state index in [2.05, 4.69) is 15.2 Å². The molecule has 35 heavy (non-hydrogen) atoms. The fourth-order valence-electron chi connectivity index (χ4n) is 5.85. The molecule has 3 heterocycles. The number of nitrogen functional groups attached to an aromatic ring is 1. The molecule has 3 aliphatic carbocycles. The Hall–Kier alpha value is -3.89. The van der Waals surface area contributed by atoms with Gasteiger partial charge in [0, 0.05) is 22.1 Å². The zero-order chi connectivity index (χ0) is 24.1. The first-order valence-electron chi connectivity index (χ1n) is 11.3. The molecule has 3 fully saturated rings. The number of benzene rings is 2. The van der Waals surface area contributed by atoms with Crippen molar-refractivity contribution in [1.82, 2.24) is 24.5 Å². The molecular weight excluding hydrogens is 461 g/mol. The van der Waals surface area contributed by atoms with E-state index >= 15 is 0 Å². The van der Waals surface area contributed by atoms with Crippen LogP contribution in [0.2, 0.25) is 0 Å². The van der Waals surface area contributed by atoms with Gasteiger partial charge in [0.2, 0.25) is 5.95 Å². The Kier molecular flexibility index (Phi) is 3.87. The number of hydrogen-bond acceptors (Lipinski definition) is 6. The van der Waals surface area contributed by atoms with Gasteiger partial charge in [-0.25, -0.2) is 4.98 Å². The number of aromatic nitrogens is 4. The van der Waals surface area contributed by atoms with E-state index in [4.69, 9.17) is 10.5 Å². The summed E-state index contributed by atoms with van der Waals surface area (Å²) < 4.78 is 46.9. The maximum atomic E-state index is 14.0. The highest BCUT2D eigenvalue weighted by molar-refractivity contribution is 6.02. The number of alkyl halides is 3. The number of halogens is 3. The van der Waals surface area contributed by atoms with Crippen LogP contribution < -0.4 is 10.5 Å². The third-order valence-corrected chi connectivity index (χ3v) is 7.66. The first kappa shape index (κ1) is 20.5. The van der Waals surface area contributed by atoms with Crippen LogP contribution in [0, 0.1) is 5.92 Å². The van der Waals surface area contributed by atoms with Crippen molar-refractivity contribution in [2.24, 2.45) is 5.92 Å². The van der Waals surface area contributed by atoms with Crippen LogP contribution in [0.15, 0.2) is 42.7 Å². The van der Waals surface area contributed by atoms with Gasteiger partial charge in [-0.2, -0.15) is 13.2 Å². The van der Waals surface area contributed by atoms with Crippen molar-refractivity contribution in [3.8, 4) is 5.75 Å². The predicted octanol–water partition coefficient (Wildman–Crippen LogP) is 4.01. The highest BCUT2D eigenvalue weighted by atomic mass is 19.4. The monoisotopic (exact) mass is 480 g/mol. The lowest BCUT2D eigenvalue weighted by atomic mass is 9.48. The first-order chi connectivity index (χ1) is 16.7. The molecular formula is C24H19F3N6O2. The molecule has 1 unspecified atom stereocenters. The molecule has 1 amide bonds. The molecule has 4 aromatic rings. The quantitative estimate of drug-likeness (QED) is 0.476. The Balaban J connectivity index is 1.31. The Morgan fingerprint density at radius 3 is 2.69 bits per heavy atom. The lowest BCUT2D eigenvalue weighted by Crippen LogP contribution is -2.70. The average Bonchev–Trinajstić information content (AvgIpc) is 3.41. The largest absolute Gasteiger partial charge is 0.491 e. The fourth-order valence-corrected chi connectivity index (χ4v) is 5.85. The molecule has 0 saturated heterocycles. The molecule has 2 aromatic heterocycles. The van der Waals surface area contributed by atoms with Crippen LogP contribution >= 0.6 is 0 Å². The number of anilines is 1. The minimum absolute atomic E-state index is 0.120. The molecule has 4 aliphatic rings. The lowest BCUT2D eigenvalue weighted by molar-refractivity contribution is -0.140. The van der Waals surface area contributed by atoms with E-state index in [0.29, 0.717) is 33.6 Å². The Bertz CT molecular complexity index is 1530. The van der Waals surface area contributed by atoms with E-state index in [1.807, 2.05) is 4.90 Å². The van der Waals surface area contributed by atoms with Crippen LogP contribution in [0.4, 0.5) is 19.1 Å². The predicted molar refractivity (Wildman–Crippen MR) is 119 cm³/mol. The van der Waals surface area contributed by atoms with E-state index in [9.17, 15) is 18.0 Å². The molecule has 2 bridgehead atoms. The van der Waals surface area contributed by atoms with E-state index in [1.54, 1.807) is 22.6 Å². The van der Waals surface area contributed by atoms with Gasteiger partial charge in [0.25, 0.3) is 5.91 Å². The molecule has 0 radical (unpaired) electrons. The molecule has 178 valence electrons. The molecule has 3 saturated carbocycles. The van der Waals surface area contributed by atoms with Crippen molar-refractivity contribution < 1.29 is 22.7 Å². The number of nitrogens with two attached hydrogens (primary N) is 1. The first-order valence-corrected chi connectivity index (χ1v) is 11.3. The summed E-state index contributed by atoms with van der Waals surface area (Å²) in [7, 11) is 0. The van der Waals surface area contributed by atoms with Crippen LogP contribution in [-0.2, 0) is 6.18 Å². The number of ether oxygens (including phenoxy) is 1. The minimum atomic E-state index is -4.46. The van der Waals surface area contributed by atoms with Crippen molar-refractivity contribution in [2.45, 2.75) is 37.0 Å². The molecule has 8 nitrogen and oxygen atoms in total. The van der Waals surface area contributed by atoms with Gasteiger partial charge in [0.05, 0.1) is 17.1 Å². The summed E-state index contributed by atoms with van der Waals surface area (Å²) >= 11 is 0. The zero-order valence-electron chi connectivity index (χ0n) is 18.3. The van der Waals surface area contributed by atoms with Gasteiger partial charge in [-0.15, -0.1) is 10.2 Å². The third-order valence-electron chi connectivity index (χ3n) is 7.66. The fraction of sp³-hybridized carbons (Fsp3) is 0.333. The highest BCUT2D eigenvalue weighted by Gasteiger charge is 2.63. The molecule has 0 spiro atoms. The lowest BCUT2D eigenvalue weighted by Gasteiger charge is -2.67. The van der Waals surface area contributed by atoms with Gasteiger partial charge in [0.1, 0.15) is 18.7 Å². The Labute approximate surface area is 196 Å². The van der Waals surface area contributed by atoms with Crippen LogP contribution in [0.5, 0.6) is 5.75 Å². The van der Waals surface area contributed by atoms with Gasteiger partial charge in [-0.3, -0.25) is 9.20 Å². The Morgan fingerprint density at radius 2 is 1.97 bits per heavy atom. The summed E-state index contributed by atoms with van der Waals surface area (Å²) in [5.41, 5.74) is 7.05. The average molecular weight is 480 g/mol. The third kappa shape index (κ3) is 2.80. The maximum absolute atomic E-state index is 14.0. The molecule has 2 N–H and O–H groups in total. The van der Waals surface area contributed by atoms with Crippen LogP contribution in [-0.4, -0.2) is 42.5 Å². The smallest absolute Gasteiger partial charge is 0.416 e. The molecule has 11 heteroatoms. The van der Waals surface area contributed by atoms with Crippen LogP contribution in [0.25, 0.3) is 16.6 Å². The SMILES string of the molecule is Nc1nc2ccc(C(=O)N(C3COc4cc(C(F)(F)F)ccc43)C34CC(C3)C4)cc2c2nncn12. The number of nitrogens with zero attached hydrogens (tertiary/aromatic N) is 5. The maximum Gasteiger partial charge on any atom is 0.416 e.